The summed E-state index contributed by atoms with van der Waals surface area (Å²) >= 11 is 0. The number of ether oxygens (including phenoxy) is 1. The summed E-state index contributed by atoms with van der Waals surface area (Å²) in [6.07, 6.45) is 3.77. The molecule has 1 atom stereocenters. The maximum Gasteiger partial charge on any atom is 0.130 e. The number of aryl methyl sites for hydroxylation is 1. The maximum absolute atomic E-state index is 5.51. The Labute approximate surface area is 149 Å². The number of anilines is 1. The number of rotatable bonds is 6. The first-order valence-corrected chi connectivity index (χ1v) is 8.94. The Balaban J connectivity index is 1.76. The zero-order valence-corrected chi connectivity index (χ0v) is 15.3. The predicted molar refractivity (Wildman–Crippen MR) is 98.7 cm³/mol. The van der Waals surface area contributed by atoms with Gasteiger partial charge in [-0.25, -0.2) is 9.97 Å². The van der Waals surface area contributed by atoms with Crippen molar-refractivity contribution in [3.8, 4) is 0 Å². The number of morpholine rings is 1. The van der Waals surface area contributed by atoms with Crippen molar-refractivity contribution in [2.24, 2.45) is 0 Å². The fourth-order valence-corrected chi connectivity index (χ4v) is 3.10. The van der Waals surface area contributed by atoms with Gasteiger partial charge in [0, 0.05) is 43.8 Å². The minimum Gasteiger partial charge on any atom is -0.379 e. The largest absolute Gasteiger partial charge is 0.379 e. The molecule has 1 N–H and O–H groups in total. The molecule has 3 heterocycles. The summed E-state index contributed by atoms with van der Waals surface area (Å²) in [5, 5.41) is 3.52. The van der Waals surface area contributed by atoms with Crippen LogP contribution >= 0.6 is 0 Å². The molecule has 0 amide bonds. The third kappa shape index (κ3) is 4.74. The average Bonchev–Trinajstić information content (AvgIpc) is 2.63. The Hall–Kier alpha value is -2.05. The van der Waals surface area contributed by atoms with Gasteiger partial charge in [0.2, 0.25) is 0 Å². The highest BCUT2D eigenvalue weighted by molar-refractivity contribution is 5.37. The molecule has 1 aliphatic heterocycles. The summed E-state index contributed by atoms with van der Waals surface area (Å²) in [6.45, 7) is 10.4. The third-order valence-electron chi connectivity index (χ3n) is 4.48. The summed E-state index contributed by atoms with van der Waals surface area (Å²) in [5.74, 6) is 2.08. The SMILES string of the molecule is Cc1nc(NCC(c2cccnc2)N2CCOCC2)cc(C(C)C)n1. The van der Waals surface area contributed by atoms with Gasteiger partial charge in [-0.2, -0.15) is 0 Å². The van der Waals surface area contributed by atoms with E-state index in [2.05, 4.69) is 51.1 Å². The number of nitrogens with one attached hydrogen (secondary N) is 1. The van der Waals surface area contributed by atoms with E-state index in [4.69, 9.17) is 4.74 Å². The van der Waals surface area contributed by atoms with Crippen LogP contribution in [0.4, 0.5) is 5.82 Å². The van der Waals surface area contributed by atoms with Crippen LogP contribution in [0.5, 0.6) is 0 Å². The van der Waals surface area contributed by atoms with Crippen molar-refractivity contribution in [1.82, 2.24) is 19.9 Å². The van der Waals surface area contributed by atoms with Gasteiger partial charge in [0.05, 0.1) is 19.3 Å². The molecule has 1 unspecified atom stereocenters. The van der Waals surface area contributed by atoms with Crippen LogP contribution in [-0.4, -0.2) is 52.7 Å². The smallest absolute Gasteiger partial charge is 0.130 e. The quantitative estimate of drug-likeness (QED) is 0.872. The molecule has 2 aromatic rings. The van der Waals surface area contributed by atoms with Crippen molar-refractivity contribution in [3.63, 3.8) is 0 Å². The monoisotopic (exact) mass is 341 g/mol. The summed E-state index contributed by atoms with van der Waals surface area (Å²) in [5.41, 5.74) is 2.28. The van der Waals surface area contributed by atoms with Gasteiger partial charge in [0.25, 0.3) is 0 Å². The van der Waals surface area contributed by atoms with Gasteiger partial charge >= 0.3 is 0 Å². The van der Waals surface area contributed by atoms with Crippen molar-refractivity contribution in [2.45, 2.75) is 32.7 Å². The number of nitrogens with zero attached hydrogens (tertiary/aromatic N) is 4. The third-order valence-corrected chi connectivity index (χ3v) is 4.48. The minimum atomic E-state index is 0.246. The summed E-state index contributed by atoms with van der Waals surface area (Å²) < 4.78 is 5.51. The van der Waals surface area contributed by atoms with Crippen LogP contribution in [-0.2, 0) is 4.74 Å². The molecule has 0 aliphatic carbocycles. The number of hydrogen-bond acceptors (Lipinski definition) is 6. The van der Waals surface area contributed by atoms with Crippen LogP contribution in [0, 0.1) is 6.92 Å². The van der Waals surface area contributed by atoms with Crippen LogP contribution in [0.25, 0.3) is 0 Å². The van der Waals surface area contributed by atoms with Gasteiger partial charge in [-0.05, 0) is 24.5 Å². The van der Waals surface area contributed by atoms with E-state index in [-0.39, 0.29) is 6.04 Å². The Bertz CT molecular complexity index is 671. The first-order chi connectivity index (χ1) is 12.1. The Morgan fingerprint density at radius 2 is 2.04 bits per heavy atom. The normalized spacial score (nSPS) is 16.8. The van der Waals surface area contributed by atoms with Gasteiger partial charge in [-0.15, -0.1) is 0 Å². The van der Waals surface area contributed by atoms with Gasteiger partial charge in [0.15, 0.2) is 0 Å². The average molecular weight is 341 g/mol. The molecule has 0 aromatic carbocycles. The highest BCUT2D eigenvalue weighted by Crippen LogP contribution is 2.22. The molecule has 1 aliphatic rings. The number of hydrogen-bond donors (Lipinski definition) is 1. The second-order valence-corrected chi connectivity index (χ2v) is 6.71. The molecule has 1 fully saturated rings. The zero-order valence-electron chi connectivity index (χ0n) is 15.3. The van der Waals surface area contributed by atoms with Gasteiger partial charge < -0.3 is 10.1 Å². The lowest BCUT2D eigenvalue weighted by Crippen LogP contribution is -2.41. The standard InChI is InChI=1S/C19H27N5O/c1-14(2)17-11-19(23-15(3)22-17)21-13-18(16-5-4-6-20-12-16)24-7-9-25-10-8-24/h4-6,11-12,14,18H,7-10,13H2,1-3H3,(H,21,22,23). The van der Waals surface area contributed by atoms with Gasteiger partial charge in [0.1, 0.15) is 11.6 Å². The molecule has 0 saturated carbocycles. The van der Waals surface area contributed by atoms with Crippen molar-refractivity contribution in [3.05, 3.63) is 47.7 Å². The highest BCUT2D eigenvalue weighted by atomic mass is 16.5. The molecule has 2 aromatic heterocycles. The molecule has 25 heavy (non-hydrogen) atoms. The Morgan fingerprint density at radius 1 is 1.24 bits per heavy atom. The molecule has 0 radical (unpaired) electrons. The van der Waals surface area contributed by atoms with E-state index in [0.717, 1.165) is 50.2 Å². The zero-order chi connectivity index (χ0) is 17.6. The van der Waals surface area contributed by atoms with Gasteiger partial charge in [-0.3, -0.25) is 9.88 Å². The molecular weight excluding hydrogens is 314 g/mol. The topological polar surface area (TPSA) is 63.2 Å². The Morgan fingerprint density at radius 3 is 2.72 bits per heavy atom. The molecule has 3 rings (SSSR count). The van der Waals surface area contributed by atoms with Crippen molar-refractivity contribution >= 4 is 5.82 Å². The lowest BCUT2D eigenvalue weighted by atomic mass is 10.1. The Kier molecular flexibility index (Phi) is 5.94. The molecule has 6 nitrogen and oxygen atoms in total. The van der Waals surface area contributed by atoms with E-state index in [1.807, 2.05) is 25.4 Å². The predicted octanol–water partition coefficient (Wildman–Crippen LogP) is 2.79. The molecular formula is C19H27N5O. The summed E-state index contributed by atoms with van der Waals surface area (Å²) in [4.78, 5) is 15.8. The van der Waals surface area contributed by atoms with Gasteiger partial charge in [-0.1, -0.05) is 19.9 Å². The van der Waals surface area contributed by atoms with Crippen molar-refractivity contribution in [1.29, 1.82) is 0 Å². The van der Waals surface area contributed by atoms with Crippen LogP contribution in [0.2, 0.25) is 0 Å². The van der Waals surface area contributed by atoms with Crippen LogP contribution in [0.15, 0.2) is 30.6 Å². The van der Waals surface area contributed by atoms with Crippen molar-refractivity contribution < 1.29 is 4.74 Å². The van der Waals surface area contributed by atoms with E-state index >= 15 is 0 Å². The number of aromatic nitrogens is 3. The minimum absolute atomic E-state index is 0.246. The molecule has 134 valence electrons. The molecule has 1 saturated heterocycles. The number of pyridine rings is 1. The van der Waals surface area contributed by atoms with E-state index in [0.29, 0.717) is 5.92 Å². The van der Waals surface area contributed by atoms with E-state index in [1.54, 1.807) is 0 Å². The van der Waals surface area contributed by atoms with Crippen LogP contribution in [0.1, 0.15) is 42.9 Å². The fourth-order valence-electron chi connectivity index (χ4n) is 3.10. The summed E-state index contributed by atoms with van der Waals surface area (Å²) in [6, 6.07) is 6.43. The summed E-state index contributed by atoms with van der Waals surface area (Å²) in [7, 11) is 0. The van der Waals surface area contributed by atoms with Crippen LogP contribution < -0.4 is 5.32 Å². The fraction of sp³-hybridized carbons (Fsp3) is 0.526. The lowest BCUT2D eigenvalue weighted by molar-refractivity contribution is 0.0186. The second-order valence-electron chi connectivity index (χ2n) is 6.71. The highest BCUT2D eigenvalue weighted by Gasteiger charge is 2.23. The van der Waals surface area contributed by atoms with Crippen molar-refractivity contribution in [2.75, 3.05) is 38.2 Å². The first kappa shape index (κ1) is 17.8. The first-order valence-electron chi connectivity index (χ1n) is 8.94. The van der Waals surface area contributed by atoms with E-state index in [1.165, 1.54) is 5.56 Å². The second kappa shape index (κ2) is 8.36. The lowest BCUT2D eigenvalue weighted by Gasteiger charge is -2.34. The van der Waals surface area contributed by atoms with Crippen LogP contribution in [0.3, 0.4) is 0 Å². The molecule has 0 bridgehead atoms. The molecule has 6 heteroatoms. The maximum atomic E-state index is 5.51. The van der Waals surface area contributed by atoms with E-state index in [9.17, 15) is 0 Å². The van der Waals surface area contributed by atoms with E-state index < -0.39 is 0 Å². The molecule has 0 spiro atoms.